The number of nitrogens with zero attached hydrogens (tertiary/aromatic N) is 1. The van der Waals surface area contributed by atoms with Gasteiger partial charge in [0.15, 0.2) is 5.58 Å². The largest absolute Gasteiger partial charge is 0.462 e. The second-order valence-electron chi connectivity index (χ2n) is 3.14. The zero-order chi connectivity index (χ0) is 9.42. The van der Waals surface area contributed by atoms with E-state index in [2.05, 4.69) is 4.98 Å². The lowest BCUT2D eigenvalue weighted by atomic mass is 10.2. The minimum atomic E-state index is -0.0568. The van der Waals surface area contributed by atoms with Crippen LogP contribution in [0.1, 0.15) is 23.6 Å². The highest BCUT2D eigenvalue weighted by Gasteiger charge is 2.07. The number of alkyl halides is 1. The third-order valence-electron chi connectivity index (χ3n) is 2.08. The summed E-state index contributed by atoms with van der Waals surface area (Å²) >= 11 is 5.93. The van der Waals surface area contributed by atoms with Crippen LogP contribution in [0.5, 0.6) is 0 Å². The van der Waals surface area contributed by atoms with E-state index in [0.29, 0.717) is 0 Å². The van der Waals surface area contributed by atoms with Crippen molar-refractivity contribution in [3.8, 4) is 0 Å². The summed E-state index contributed by atoms with van der Waals surface area (Å²) in [6.07, 6.45) is 3.45. The third kappa shape index (κ3) is 1.42. The van der Waals surface area contributed by atoms with Crippen LogP contribution in [-0.2, 0) is 0 Å². The molecule has 0 saturated carbocycles. The number of furan rings is 1. The lowest BCUT2D eigenvalue weighted by Crippen LogP contribution is -1.88. The molecule has 68 valence electrons. The molecule has 1 unspecified atom stereocenters. The van der Waals surface area contributed by atoms with E-state index < -0.39 is 0 Å². The van der Waals surface area contributed by atoms with Gasteiger partial charge in [-0.25, -0.2) is 0 Å². The van der Waals surface area contributed by atoms with Gasteiger partial charge in [0.25, 0.3) is 0 Å². The van der Waals surface area contributed by atoms with Gasteiger partial charge in [0.05, 0.1) is 23.5 Å². The van der Waals surface area contributed by atoms with Gasteiger partial charge in [-0.2, -0.15) is 0 Å². The molecule has 0 aliphatic rings. The minimum absolute atomic E-state index is 0.0568. The standard InChI is InChI=1S/C10H10ClNO/c1-6-5-13-10-4-12-9(7(2)11)3-8(6)10/h3-5,7H,1-2H3. The molecule has 2 aromatic rings. The Morgan fingerprint density at radius 2 is 2.31 bits per heavy atom. The van der Waals surface area contributed by atoms with Crippen LogP contribution in [0.15, 0.2) is 22.9 Å². The molecule has 2 nitrogen and oxygen atoms in total. The maximum Gasteiger partial charge on any atom is 0.152 e. The van der Waals surface area contributed by atoms with Gasteiger partial charge in [0, 0.05) is 5.39 Å². The second-order valence-corrected chi connectivity index (χ2v) is 3.79. The average molecular weight is 196 g/mol. The van der Waals surface area contributed by atoms with Gasteiger partial charge in [-0.15, -0.1) is 11.6 Å². The summed E-state index contributed by atoms with van der Waals surface area (Å²) in [5.41, 5.74) is 2.83. The number of hydrogen-bond acceptors (Lipinski definition) is 2. The number of hydrogen-bond donors (Lipinski definition) is 0. The van der Waals surface area contributed by atoms with E-state index in [1.165, 1.54) is 0 Å². The fourth-order valence-electron chi connectivity index (χ4n) is 1.29. The highest BCUT2D eigenvalue weighted by atomic mass is 35.5. The number of aromatic nitrogens is 1. The Hall–Kier alpha value is -1.02. The number of halogens is 1. The molecule has 0 bridgehead atoms. The Labute approximate surface area is 81.5 Å². The summed E-state index contributed by atoms with van der Waals surface area (Å²) in [6, 6.07) is 1.98. The van der Waals surface area contributed by atoms with Crippen molar-refractivity contribution in [3.05, 3.63) is 29.8 Å². The molecule has 2 rings (SSSR count). The van der Waals surface area contributed by atoms with Crippen LogP contribution >= 0.6 is 11.6 Å². The number of pyridine rings is 1. The van der Waals surface area contributed by atoms with Crippen LogP contribution in [0, 0.1) is 6.92 Å². The molecular weight excluding hydrogens is 186 g/mol. The van der Waals surface area contributed by atoms with E-state index >= 15 is 0 Å². The van der Waals surface area contributed by atoms with Gasteiger partial charge >= 0.3 is 0 Å². The fraction of sp³-hybridized carbons (Fsp3) is 0.300. The van der Waals surface area contributed by atoms with Crippen molar-refractivity contribution in [3.63, 3.8) is 0 Å². The SMILES string of the molecule is Cc1coc2cnc(C(C)Cl)cc12. The monoisotopic (exact) mass is 195 g/mol. The van der Waals surface area contributed by atoms with Crippen molar-refractivity contribution in [2.75, 3.05) is 0 Å². The van der Waals surface area contributed by atoms with Gasteiger partial charge < -0.3 is 4.42 Å². The van der Waals surface area contributed by atoms with Gasteiger partial charge in [-0.1, -0.05) is 0 Å². The van der Waals surface area contributed by atoms with Gasteiger partial charge in [0.2, 0.25) is 0 Å². The number of aryl methyl sites for hydroxylation is 1. The molecular formula is C10H10ClNO. The Kier molecular flexibility index (Phi) is 2.00. The fourth-order valence-corrected chi connectivity index (χ4v) is 1.41. The first-order valence-corrected chi connectivity index (χ1v) is 4.60. The number of fused-ring (bicyclic) bond motifs is 1. The summed E-state index contributed by atoms with van der Waals surface area (Å²) in [7, 11) is 0. The summed E-state index contributed by atoms with van der Waals surface area (Å²) in [6.45, 7) is 3.92. The quantitative estimate of drug-likeness (QED) is 0.652. The second kappa shape index (κ2) is 3.04. The molecule has 2 aromatic heterocycles. The van der Waals surface area contributed by atoms with E-state index in [-0.39, 0.29) is 5.38 Å². The van der Waals surface area contributed by atoms with Crippen LogP contribution < -0.4 is 0 Å². The molecule has 0 saturated heterocycles. The van der Waals surface area contributed by atoms with Gasteiger partial charge in [0.1, 0.15) is 0 Å². The van der Waals surface area contributed by atoms with Crippen LogP contribution in [0.3, 0.4) is 0 Å². The smallest absolute Gasteiger partial charge is 0.152 e. The molecule has 0 aromatic carbocycles. The normalized spacial score (nSPS) is 13.5. The maximum atomic E-state index is 5.93. The van der Waals surface area contributed by atoms with E-state index in [1.807, 2.05) is 19.9 Å². The highest BCUT2D eigenvalue weighted by Crippen LogP contribution is 2.24. The predicted octanol–water partition coefficient (Wildman–Crippen LogP) is 3.44. The van der Waals surface area contributed by atoms with Crippen LogP contribution in [0.25, 0.3) is 11.0 Å². The Morgan fingerprint density at radius 3 is 3.00 bits per heavy atom. The van der Waals surface area contributed by atoms with Crippen LogP contribution in [0.4, 0.5) is 0 Å². The zero-order valence-corrected chi connectivity index (χ0v) is 8.30. The summed E-state index contributed by atoms with van der Waals surface area (Å²) in [5, 5.41) is 1.04. The van der Waals surface area contributed by atoms with Crippen LogP contribution in [-0.4, -0.2) is 4.98 Å². The zero-order valence-electron chi connectivity index (χ0n) is 7.54. The molecule has 0 fully saturated rings. The molecule has 3 heteroatoms. The van der Waals surface area contributed by atoms with E-state index in [0.717, 1.165) is 22.2 Å². The molecule has 0 aliphatic carbocycles. The Balaban J connectivity index is 2.66. The molecule has 2 heterocycles. The first-order chi connectivity index (χ1) is 6.18. The van der Waals surface area contributed by atoms with Crippen molar-refractivity contribution in [1.29, 1.82) is 0 Å². The van der Waals surface area contributed by atoms with Crippen molar-refractivity contribution in [2.24, 2.45) is 0 Å². The summed E-state index contributed by atoms with van der Waals surface area (Å²) in [4.78, 5) is 4.19. The van der Waals surface area contributed by atoms with E-state index in [9.17, 15) is 0 Å². The molecule has 13 heavy (non-hydrogen) atoms. The predicted molar refractivity (Wildman–Crippen MR) is 53.0 cm³/mol. The molecule has 0 amide bonds. The molecule has 0 N–H and O–H groups in total. The van der Waals surface area contributed by atoms with E-state index in [4.69, 9.17) is 16.0 Å². The maximum absolute atomic E-state index is 5.93. The highest BCUT2D eigenvalue weighted by molar-refractivity contribution is 6.20. The minimum Gasteiger partial charge on any atom is -0.462 e. The number of rotatable bonds is 1. The van der Waals surface area contributed by atoms with Gasteiger partial charge in [-0.05, 0) is 25.5 Å². The van der Waals surface area contributed by atoms with Crippen molar-refractivity contribution in [1.82, 2.24) is 4.98 Å². The van der Waals surface area contributed by atoms with Gasteiger partial charge in [-0.3, -0.25) is 4.98 Å². The van der Waals surface area contributed by atoms with Crippen LogP contribution in [0.2, 0.25) is 0 Å². The first-order valence-electron chi connectivity index (χ1n) is 4.16. The van der Waals surface area contributed by atoms with Crippen molar-refractivity contribution < 1.29 is 4.42 Å². The van der Waals surface area contributed by atoms with E-state index in [1.54, 1.807) is 12.5 Å². The lowest BCUT2D eigenvalue weighted by molar-refractivity contribution is 0.611. The summed E-state index contributed by atoms with van der Waals surface area (Å²) < 4.78 is 5.28. The van der Waals surface area contributed by atoms with Crippen molar-refractivity contribution >= 4 is 22.6 Å². The van der Waals surface area contributed by atoms with Crippen molar-refractivity contribution in [2.45, 2.75) is 19.2 Å². The molecule has 0 spiro atoms. The lowest BCUT2D eigenvalue weighted by Gasteiger charge is -2.00. The molecule has 1 atom stereocenters. The molecule has 0 radical (unpaired) electrons. The first kappa shape index (κ1) is 8.57. The Bertz CT molecular complexity index is 433. The topological polar surface area (TPSA) is 26.0 Å². The molecule has 0 aliphatic heterocycles. The third-order valence-corrected chi connectivity index (χ3v) is 2.31. The summed E-state index contributed by atoms with van der Waals surface area (Å²) in [5.74, 6) is 0. The average Bonchev–Trinajstić information content (AvgIpc) is 2.47. The Morgan fingerprint density at radius 1 is 1.54 bits per heavy atom.